The van der Waals surface area contributed by atoms with Crippen molar-refractivity contribution >= 4 is 10.8 Å². The number of aromatic nitrogens is 2. The molecule has 3 aromatic rings. The Morgan fingerprint density at radius 3 is 1.86 bits per heavy atom. The minimum absolute atomic E-state index is 0.0106. The van der Waals surface area contributed by atoms with Gasteiger partial charge in [0.15, 0.2) is 23.3 Å². The fourth-order valence-electron chi connectivity index (χ4n) is 2.12. The van der Waals surface area contributed by atoms with Gasteiger partial charge in [-0.25, -0.2) is 27.1 Å². The largest absolute Gasteiger partial charge is 0.272 e. The van der Waals surface area contributed by atoms with Gasteiger partial charge in [0.1, 0.15) is 5.69 Å². The van der Waals surface area contributed by atoms with Gasteiger partial charge in [0.25, 0.3) is 5.56 Å². The summed E-state index contributed by atoms with van der Waals surface area (Å²) in [5, 5.41) is 5.39. The number of hydrogen-bond acceptors (Lipinski definition) is 2. The molecule has 0 spiro atoms. The van der Waals surface area contributed by atoms with Crippen molar-refractivity contribution in [2.75, 3.05) is 0 Å². The van der Waals surface area contributed by atoms with E-state index in [1.807, 2.05) is 5.10 Å². The second-order valence-corrected chi connectivity index (χ2v) is 4.39. The van der Waals surface area contributed by atoms with Crippen LogP contribution in [0.15, 0.2) is 29.1 Å². The molecule has 22 heavy (non-hydrogen) atoms. The van der Waals surface area contributed by atoms with Gasteiger partial charge in [0.05, 0.1) is 10.9 Å². The van der Waals surface area contributed by atoms with Crippen LogP contribution >= 0.6 is 0 Å². The lowest BCUT2D eigenvalue weighted by molar-refractivity contribution is 0.381. The van der Waals surface area contributed by atoms with Crippen LogP contribution in [0.4, 0.5) is 22.0 Å². The molecule has 0 saturated heterocycles. The highest BCUT2D eigenvalue weighted by Gasteiger charge is 2.28. The molecule has 0 saturated carbocycles. The number of halogens is 5. The van der Waals surface area contributed by atoms with Gasteiger partial charge in [0, 0.05) is 5.39 Å². The molecule has 0 radical (unpaired) electrons. The van der Waals surface area contributed by atoms with Gasteiger partial charge in [-0.1, -0.05) is 18.2 Å². The smallest absolute Gasteiger partial charge is 0.267 e. The van der Waals surface area contributed by atoms with E-state index in [1.165, 1.54) is 24.3 Å². The molecular weight excluding hydrogens is 307 g/mol. The predicted octanol–water partition coefficient (Wildman–Crippen LogP) is 3.29. The first kappa shape index (κ1) is 14.2. The molecule has 2 aromatic carbocycles. The molecule has 0 aliphatic heterocycles. The molecule has 1 N–H and O–H groups in total. The van der Waals surface area contributed by atoms with Gasteiger partial charge in [-0.3, -0.25) is 4.79 Å². The zero-order valence-corrected chi connectivity index (χ0v) is 10.6. The molecule has 1 aromatic heterocycles. The first-order chi connectivity index (χ1) is 10.4. The van der Waals surface area contributed by atoms with Crippen molar-refractivity contribution in [2.45, 2.75) is 0 Å². The van der Waals surface area contributed by atoms with Gasteiger partial charge in [-0.2, -0.15) is 5.10 Å². The lowest BCUT2D eigenvalue weighted by atomic mass is 10.0. The summed E-state index contributed by atoms with van der Waals surface area (Å²) in [6.45, 7) is 0. The van der Waals surface area contributed by atoms with Crippen LogP contribution in [0, 0.1) is 29.1 Å². The van der Waals surface area contributed by atoms with Crippen LogP contribution in [0.3, 0.4) is 0 Å². The quantitative estimate of drug-likeness (QED) is 0.426. The van der Waals surface area contributed by atoms with Crippen LogP contribution < -0.4 is 5.56 Å². The first-order valence-electron chi connectivity index (χ1n) is 5.92. The van der Waals surface area contributed by atoms with E-state index in [1.54, 1.807) is 0 Å². The summed E-state index contributed by atoms with van der Waals surface area (Å²) in [7, 11) is 0. The molecule has 0 amide bonds. The van der Waals surface area contributed by atoms with Crippen LogP contribution in [0.2, 0.25) is 0 Å². The number of benzene rings is 2. The maximum Gasteiger partial charge on any atom is 0.272 e. The van der Waals surface area contributed by atoms with Crippen LogP contribution in [0.5, 0.6) is 0 Å². The van der Waals surface area contributed by atoms with Crippen molar-refractivity contribution in [2.24, 2.45) is 0 Å². The fourth-order valence-corrected chi connectivity index (χ4v) is 2.12. The summed E-state index contributed by atoms with van der Waals surface area (Å²) in [4.78, 5) is 11.6. The predicted molar refractivity (Wildman–Crippen MR) is 67.6 cm³/mol. The number of hydrogen-bond donors (Lipinski definition) is 1. The lowest BCUT2D eigenvalue weighted by Gasteiger charge is -2.09. The molecule has 0 bridgehead atoms. The Kier molecular flexibility index (Phi) is 3.16. The Morgan fingerprint density at radius 2 is 1.27 bits per heavy atom. The van der Waals surface area contributed by atoms with Gasteiger partial charge < -0.3 is 0 Å². The Bertz CT molecular complexity index is 938. The third kappa shape index (κ3) is 1.87. The average molecular weight is 312 g/mol. The minimum Gasteiger partial charge on any atom is -0.267 e. The van der Waals surface area contributed by atoms with E-state index in [0.29, 0.717) is 0 Å². The zero-order valence-electron chi connectivity index (χ0n) is 10.6. The van der Waals surface area contributed by atoms with Crippen molar-refractivity contribution in [3.8, 4) is 11.3 Å². The Balaban J connectivity index is 2.49. The molecular formula is C14H5F5N2O. The number of fused-ring (bicyclic) bond motifs is 1. The number of rotatable bonds is 1. The van der Waals surface area contributed by atoms with E-state index in [9.17, 15) is 26.7 Å². The highest BCUT2D eigenvalue weighted by Crippen LogP contribution is 2.33. The van der Waals surface area contributed by atoms with Crippen LogP contribution in [0.1, 0.15) is 0 Å². The summed E-state index contributed by atoms with van der Waals surface area (Å²) in [5.74, 6) is -10.4. The second kappa shape index (κ2) is 4.90. The Labute approximate surface area is 119 Å². The Hall–Kier alpha value is -2.77. The highest BCUT2D eigenvalue weighted by atomic mass is 19.2. The van der Waals surface area contributed by atoms with Crippen molar-refractivity contribution < 1.29 is 22.0 Å². The monoisotopic (exact) mass is 312 g/mol. The molecule has 3 rings (SSSR count). The molecule has 0 atom stereocenters. The fraction of sp³-hybridized carbons (Fsp3) is 0. The molecule has 0 aliphatic rings. The van der Waals surface area contributed by atoms with Gasteiger partial charge in [0.2, 0.25) is 5.82 Å². The minimum atomic E-state index is -2.26. The van der Waals surface area contributed by atoms with Crippen molar-refractivity contribution in [3.05, 3.63) is 63.7 Å². The molecule has 0 aliphatic carbocycles. The van der Waals surface area contributed by atoms with Gasteiger partial charge >= 0.3 is 0 Å². The standard InChI is InChI=1S/C14H5F5N2O/c15-8-7(9(16)11(18)12(19)10(8)17)13-5-3-1-2-4-6(5)14(22)21-20-13/h1-4H,(H,21,22). The second-order valence-electron chi connectivity index (χ2n) is 4.39. The first-order valence-corrected chi connectivity index (χ1v) is 5.92. The van der Waals surface area contributed by atoms with Gasteiger partial charge in [-0.15, -0.1) is 0 Å². The van der Waals surface area contributed by atoms with E-state index in [-0.39, 0.29) is 10.8 Å². The number of H-pyrrole nitrogens is 1. The third-order valence-electron chi connectivity index (χ3n) is 3.14. The maximum atomic E-state index is 13.9. The van der Waals surface area contributed by atoms with E-state index >= 15 is 0 Å². The maximum absolute atomic E-state index is 13.9. The van der Waals surface area contributed by atoms with E-state index in [0.717, 1.165) is 0 Å². The molecule has 3 nitrogen and oxygen atoms in total. The summed E-state index contributed by atoms with van der Waals surface area (Å²) in [6.07, 6.45) is 0. The number of aromatic amines is 1. The normalized spacial score (nSPS) is 11.1. The van der Waals surface area contributed by atoms with E-state index in [2.05, 4.69) is 5.10 Å². The van der Waals surface area contributed by atoms with Crippen LogP contribution in [-0.2, 0) is 0 Å². The third-order valence-corrected chi connectivity index (χ3v) is 3.14. The molecule has 1 heterocycles. The summed E-state index contributed by atoms with van der Waals surface area (Å²) in [6, 6.07) is 5.56. The van der Waals surface area contributed by atoms with Crippen LogP contribution in [-0.4, -0.2) is 10.2 Å². The molecule has 8 heteroatoms. The van der Waals surface area contributed by atoms with Crippen LogP contribution in [0.25, 0.3) is 22.0 Å². The average Bonchev–Trinajstić information content (AvgIpc) is 2.53. The summed E-state index contributed by atoms with van der Waals surface area (Å²) < 4.78 is 67.4. The van der Waals surface area contributed by atoms with Gasteiger partial charge in [-0.05, 0) is 6.07 Å². The highest BCUT2D eigenvalue weighted by molar-refractivity contribution is 5.93. The van der Waals surface area contributed by atoms with E-state index in [4.69, 9.17) is 0 Å². The number of nitrogens with one attached hydrogen (secondary N) is 1. The Morgan fingerprint density at radius 1 is 0.773 bits per heavy atom. The molecule has 0 fully saturated rings. The van der Waals surface area contributed by atoms with E-state index < -0.39 is 45.9 Å². The molecule has 0 unspecified atom stereocenters. The molecule has 112 valence electrons. The lowest BCUT2D eigenvalue weighted by Crippen LogP contribution is -2.12. The SMILES string of the molecule is O=c1[nH]nc(-c2c(F)c(F)c(F)c(F)c2F)c2ccccc12. The van der Waals surface area contributed by atoms with Crippen molar-refractivity contribution in [3.63, 3.8) is 0 Å². The zero-order chi connectivity index (χ0) is 16.0. The topological polar surface area (TPSA) is 45.8 Å². The number of nitrogens with zero attached hydrogens (tertiary/aromatic N) is 1. The van der Waals surface area contributed by atoms with Crippen molar-refractivity contribution in [1.82, 2.24) is 10.2 Å². The van der Waals surface area contributed by atoms with Crippen molar-refractivity contribution in [1.29, 1.82) is 0 Å². The summed E-state index contributed by atoms with van der Waals surface area (Å²) in [5.41, 5.74) is -2.38. The summed E-state index contributed by atoms with van der Waals surface area (Å²) >= 11 is 0.